The Morgan fingerprint density at radius 3 is 2.88 bits per heavy atom. The number of allylic oxidation sites excluding steroid dienone is 1. The van der Waals surface area contributed by atoms with Crippen molar-refractivity contribution in [2.75, 3.05) is 0 Å². The maximum absolute atomic E-state index is 10.8. The normalized spacial score (nSPS) is 58.4. The van der Waals surface area contributed by atoms with Gasteiger partial charge in [-0.15, -0.1) is 0 Å². The van der Waals surface area contributed by atoms with Crippen molar-refractivity contribution in [3.8, 4) is 6.07 Å². The van der Waals surface area contributed by atoms with E-state index in [-0.39, 0.29) is 12.2 Å². The number of hydrogen-bond donors (Lipinski definition) is 1. The summed E-state index contributed by atoms with van der Waals surface area (Å²) in [7, 11) is 0. The minimum atomic E-state index is -1.05. The van der Waals surface area contributed by atoms with Crippen molar-refractivity contribution < 1.29 is 9.84 Å². The van der Waals surface area contributed by atoms with E-state index in [1.807, 2.05) is 12.2 Å². The van der Waals surface area contributed by atoms with Crippen molar-refractivity contribution in [1.82, 2.24) is 0 Å². The van der Waals surface area contributed by atoms with Gasteiger partial charge in [0.2, 0.25) is 0 Å². The van der Waals surface area contributed by atoms with Crippen molar-refractivity contribution >= 4 is 0 Å². The van der Waals surface area contributed by atoms with Crippen LogP contribution in [-0.4, -0.2) is 22.9 Å². The number of rotatable bonds is 0. The van der Waals surface area contributed by atoms with Gasteiger partial charge in [0.15, 0.2) is 0 Å². The Kier molecular flexibility index (Phi) is 1.86. The fraction of sp³-hybridized carbons (Fsp3) is 0.769. The van der Waals surface area contributed by atoms with Gasteiger partial charge in [0.05, 0.1) is 17.6 Å². The second-order valence-electron chi connectivity index (χ2n) is 5.76. The van der Waals surface area contributed by atoms with Gasteiger partial charge in [0.25, 0.3) is 0 Å². The highest BCUT2D eigenvalue weighted by Gasteiger charge is 2.69. The maximum atomic E-state index is 10.8. The number of epoxide rings is 1. The minimum Gasteiger partial charge on any atom is -0.381 e. The summed E-state index contributed by atoms with van der Waals surface area (Å²) in [6, 6.07) is 2.40. The first-order valence-corrected chi connectivity index (χ1v) is 6.01. The molecule has 0 aromatic rings. The summed E-state index contributed by atoms with van der Waals surface area (Å²) in [5.41, 5.74) is -1.69. The molecule has 0 spiro atoms. The number of aliphatic hydroxyl groups is 1. The van der Waals surface area contributed by atoms with Gasteiger partial charge >= 0.3 is 0 Å². The molecule has 3 nitrogen and oxygen atoms in total. The second kappa shape index (κ2) is 2.88. The van der Waals surface area contributed by atoms with Crippen LogP contribution in [0.15, 0.2) is 12.2 Å². The SMILES string of the molecule is C[C@@H]1C=C[C@]2(O)[C@H]3O[C@H]3[C@H](C)C[C@@]2(C#N)C1. The fourth-order valence-corrected chi connectivity index (χ4v) is 3.62. The number of nitrogens with zero attached hydrogens (tertiary/aromatic N) is 1. The molecule has 1 heterocycles. The lowest BCUT2D eigenvalue weighted by molar-refractivity contribution is -0.0660. The van der Waals surface area contributed by atoms with Crippen LogP contribution in [0, 0.1) is 28.6 Å². The van der Waals surface area contributed by atoms with Crippen LogP contribution in [0.5, 0.6) is 0 Å². The molecule has 3 heteroatoms. The number of fused-ring (bicyclic) bond motifs is 3. The Labute approximate surface area is 95.7 Å². The molecule has 2 fully saturated rings. The van der Waals surface area contributed by atoms with Crippen LogP contribution in [0.2, 0.25) is 0 Å². The van der Waals surface area contributed by atoms with Gasteiger partial charge in [-0.1, -0.05) is 26.0 Å². The second-order valence-corrected chi connectivity index (χ2v) is 5.76. The zero-order valence-corrected chi connectivity index (χ0v) is 9.68. The van der Waals surface area contributed by atoms with E-state index in [1.54, 1.807) is 0 Å². The average molecular weight is 219 g/mol. The summed E-state index contributed by atoms with van der Waals surface area (Å²) in [6.45, 7) is 4.21. The molecule has 6 atom stereocenters. The number of nitriles is 1. The molecule has 1 saturated carbocycles. The highest BCUT2D eigenvalue weighted by Crippen LogP contribution is 2.59. The number of ether oxygens (including phenoxy) is 1. The van der Waals surface area contributed by atoms with E-state index in [9.17, 15) is 10.4 Å². The zero-order valence-electron chi connectivity index (χ0n) is 9.68. The van der Waals surface area contributed by atoms with Gasteiger partial charge in [-0.2, -0.15) is 5.26 Å². The Hall–Kier alpha value is -0.850. The van der Waals surface area contributed by atoms with Crippen LogP contribution in [0.3, 0.4) is 0 Å². The first kappa shape index (κ1) is 10.3. The summed E-state index contributed by atoms with van der Waals surface area (Å²) < 4.78 is 5.57. The van der Waals surface area contributed by atoms with E-state index in [0.29, 0.717) is 11.8 Å². The quantitative estimate of drug-likeness (QED) is 0.497. The molecular weight excluding hydrogens is 202 g/mol. The van der Waals surface area contributed by atoms with Gasteiger partial charge in [-0.25, -0.2) is 0 Å². The molecule has 0 bridgehead atoms. The van der Waals surface area contributed by atoms with Crippen LogP contribution in [0.4, 0.5) is 0 Å². The summed E-state index contributed by atoms with van der Waals surface area (Å²) in [5, 5.41) is 20.3. The molecule has 0 aromatic carbocycles. The number of hydrogen-bond acceptors (Lipinski definition) is 3. The van der Waals surface area contributed by atoms with Gasteiger partial charge < -0.3 is 9.84 Å². The van der Waals surface area contributed by atoms with E-state index in [4.69, 9.17) is 4.74 Å². The third-order valence-corrected chi connectivity index (χ3v) is 4.52. The van der Waals surface area contributed by atoms with Gasteiger partial charge in [-0.05, 0) is 24.7 Å². The largest absolute Gasteiger partial charge is 0.381 e. The Morgan fingerprint density at radius 1 is 1.44 bits per heavy atom. The Balaban J connectivity index is 2.08. The Morgan fingerprint density at radius 2 is 2.19 bits per heavy atom. The highest BCUT2D eigenvalue weighted by molar-refractivity contribution is 5.32. The summed E-state index contributed by atoms with van der Waals surface area (Å²) >= 11 is 0. The maximum Gasteiger partial charge on any atom is 0.130 e. The predicted octanol–water partition coefficient (Wildman–Crippen LogP) is 1.63. The standard InChI is InChI=1S/C13H17NO2/c1-8-3-4-13(15)11-10(16-11)9(2)6-12(13,5-8)7-14/h3-4,8-11,15H,5-6H2,1-2H3/t8-,9-,10+,11+,12-,13+/m1/s1. The summed E-state index contributed by atoms with van der Waals surface area (Å²) in [5.74, 6) is 0.742. The van der Waals surface area contributed by atoms with E-state index in [1.165, 1.54) is 0 Å². The molecule has 86 valence electrons. The van der Waals surface area contributed by atoms with E-state index >= 15 is 0 Å². The van der Waals surface area contributed by atoms with Crippen LogP contribution < -0.4 is 0 Å². The lowest BCUT2D eigenvalue weighted by Crippen LogP contribution is -2.57. The van der Waals surface area contributed by atoms with Crippen LogP contribution in [0.25, 0.3) is 0 Å². The fourth-order valence-electron chi connectivity index (χ4n) is 3.62. The van der Waals surface area contributed by atoms with Crippen molar-refractivity contribution in [3.63, 3.8) is 0 Å². The molecule has 2 aliphatic carbocycles. The van der Waals surface area contributed by atoms with Crippen molar-refractivity contribution in [2.45, 2.75) is 44.5 Å². The van der Waals surface area contributed by atoms with Crippen molar-refractivity contribution in [2.24, 2.45) is 17.3 Å². The van der Waals surface area contributed by atoms with Crippen molar-refractivity contribution in [3.05, 3.63) is 12.2 Å². The monoisotopic (exact) mass is 219 g/mol. The molecule has 16 heavy (non-hydrogen) atoms. The molecule has 1 N–H and O–H groups in total. The summed E-state index contributed by atoms with van der Waals surface area (Å²) in [4.78, 5) is 0. The molecule has 0 amide bonds. The summed E-state index contributed by atoms with van der Waals surface area (Å²) in [6.07, 6.45) is 5.33. The molecule has 0 unspecified atom stereocenters. The van der Waals surface area contributed by atoms with E-state index < -0.39 is 11.0 Å². The molecule has 1 saturated heterocycles. The highest BCUT2D eigenvalue weighted by atomic mass is 16.6. The third kappa shape index (κ3) is 1.04. The zero-order chi connectivity index (χ0) is 11.6. The van der Waals surface area contributed by atoms with E-state index in [2.05, 4.69) is 19.9 Å². The van der Waals surface area contributed by atoms with E-state index in [0.717, 1.165) is 12.8 Å². The predicted molar refractivity (Wildman–Crippen MR) is 58.4 cm³/mol. The smallest absolute Gasteiger partial charge is 0.130 e. The first-order chi connectivity index (χ1) is 7.52. The van der Waals surface area contributed by atoms with Crippen LogP contribution in [-0.2, 0) is 4.74 Å². The molecule has 3 rings (SSSR count). The average Bonchev–Trinajstić information content (AvgIpc) is 3.03. The van der Waals surface area contributed by atoms with Gasteiger partial charge in [0, 0.05) is 0 Å². The molecule has 0 radical (unpaired) electrons. The van der Waals surface area contributed by atoms with Crippen molar-refractivity contribution in [1.29, 1.82) is 5.26 Å². The Bertz CT molecular complexity index is 399. The lowest BCUT2D eigenvalue weighted by Gasteiger charge is -2.47. The lowest BCUT2D eigenvalue weighted by atomic mass is 9.56. The van der Waals surface area contributed by atoms with Gasteiger partial charge in [-0.3, -0.25) is 0 Å². The minimum absolute atomic E-state index is 0.153. The third-order valence-electron chi connectivity index (χ3n) is 4.52. The molecular formula is C13H17NO2. The van der Waals surface area contributed by atoms with Crippen LogP contribution >= 0.6 is 0 Å². The van der Waals surface area contributed by atoms with Gasteiger partial charge in [0.1, 0.15) is 11.7 Å². The molecule has 0 aromatic heterocycles. The molecule has 3 aliphatic rings. The topological polar surface area (TPSA) is 56.5 Å². The molecule has 1 aliphatic heterocycles. The first-order valence-electron chi connectivity index (χ1n) is 6.01. The van der Waals surface area contributed by atoms with Crippen LogP contribution in [0.1, 0.15) is 26.7 Å².